The second kappa shape index (κ2) is 11.1. The molecule has 0 saturated carbocycles. The number of ketones is 1. The molecule has 0 bridgehead atoms. The van der Waals surface area contributed by atoms with Crippen molar-refractivity contribution in [2.45, 2.75) is 32.7 Å². The average Bonchev–Trinajstić information content (AvgIpc) is 2.79. The molecule has 0 fully saturated rings. The summed E-state index contributed by atoms with van der Waals surface area (Å²) < 4.78 is 1.30. The number of benzene rings is 2. The van der Waals surface area contributed by atoms with Crippen LogP contribution in [0.2, 0.25) is 5.02 Å². The summed E-state index contributed by atoms with van der Waals surface area (Å²) in [5.41, 5.74) is 8.06. The lowest BCUT2D eigenvalue weighted by Gasteiger charge is -2.16. The van der Waals surface area contributed by atoms with E-state index in [4.69, 9.17) is 17.3 Å². The van der Waals surface area contributed by atoms with Crippen LogP contribution in [-0.2, 0) is 11.2 Å². The number of pyridine rings is 1. The first-order chi connectivity index (χ1) is 16.2. The third kappa shape index (κ3) is 6.12. The number of nitrogens with one attached hydrogen (secondary N) is 1. The van der Waals surface area contributed by atoms with E-state index in [9.17, 15) is 19.5 Å². The van der Waals surface area contributed by atoms with E-state index in [-0.39, 0.29) is 28.6 Å². The van der Waals surface area contributed by atoms with Gasteiger partial charge < -0.3 is 16.2 Å². The SMILES string of the molecule is CC(C)C[C@H](NCCc1ccc(-n2c(N)c(C(=O)c3ccc(Cl)cc3)ccc2=O)cc1)C(=O)O. The molecule has 3 rings (SSSR count). The molecule has 3 aromatic rings. The molecular weight excluding hydrogens is 454 g/mol. The van der Waals surface area contributed by atoms with E-state index >= 15 is 0 Å². The van der Waals surface area contributed by atoms with Gasteiger partial charge in [0, 0.05) is 16.7 Å². The molecule has 0 amide bonds. The van der Waals surface area contributed by atoms with Crippen molar-refractivity contribution in [1.29, 1.82) is 0 Å². The molecule has 0 radical (unpaired) electrons. The highest BCUT2D eigenvalue weighted by molar-refractivity contribution is 6.30. The summed E-state index contributed by atoms with van der Waals surface area (Å²) in [4.78, 5) is 36.9. The first-order valence-electron chi connectivity index (χ1n) is 11.0. The number of nitrogens with two attached hydrogens (primary N) is 1. The van der Waals surface area contributed by atoms with Crippen molar-refractivity contribution < 1.29 is 14.7 Å². The molecule has 4 N–H and O–H groups in total. The van der Waals surface area contributed by atoms with Crippen molar-refractivity contribution >= 4 is 29.2 Å². The Morgan fingerprint density at radius 1 is 1.03 bits per heavy atom. The lowest BCUT2D eigenvalue weighted by atomic mass is 10.0. The minimum atomic E-state index is -0.855. The molecule has 2 aromatic carbocycles. The number of hydrogen-bond acceptors (Lipinski definition) is 5. The van der Waals surface area contributed by atoms with Crippen molar-refractivity contribution in [2.75, 3.05) is 12.3 Å². The van der Waals surface area contributed by atoms with Gasteiger partial charge in [-0.05, 0) is 73.3 Å². The molecule has 0 unspecified atom stereocenters. The molecule has 178 valence electrons. The summed E-state index contributed by atoms with van der Waals surface area (Å²) >= 11 is 5.90. The maximum atomic E-state index is 12.9. The Labute approximate surface area is 203 Å². The van der Waals surface area contributed by atoms with Gasteiger partial charge in [-0.3, -0.25) is 19.0 Å². The van der Waals surface area contributed by atoms with Crippen LogP contribution in [0.4, 0.5) is 5.82 Å². The first kappa shape index (κ1) is 25.2. The Hall–Kier alpha value is -3.42. The minimum absolute atomic E-state index is 0.0554. The molecular formula is C26H28ClN3O4. The summed E-state index contributed by atoms with van der Waals surface area (Å²) in [5.74, 6) is -0.828. The van der Waals surface area contributed by atoms with Crippen LogP contribution in [-0.4, -0.2) is 34.0 Å². The van der Waals surface area contributed by atoms with E-state index < -0.39 is 12.0 Å². The van der Waals surface area contributed by atoms with Gasteiger partial charge in [0.15, 0.2) is 5.78 Å². The van der Waals surface area contributed by atoms with Crippen LogP contribution in [0.15, 0.2) is 65.5 Å². The number of halogens is 1. The van der Waals surface area contributed by atoms with Crippen LogP contribution in [0.3, 0.4) is 0 Å². The van der Waals surface area contributed by atoms with Crippen LogP contribution in [0, 0.1) is 5.92 Å². The molecule has 0 saturated heterocycles. The predicted octanol–water partition coefficient (Wildman–Crippen LogP) is 3.94. The van der Waals surface area contributed by atoms with Gasteiger partial charge in [0.2, 0.25) is 0 Å². The van der Waals surface area contributed by atoms with Gasteiger partial charge in [0.05, 0.1) is 11.3 Å². The smallest absolute Gasteiger partial charge is 0.320 e. The standard InChI is InChI=1S/C26H28ClN3O4/c1-16(2)15-22(26(33)34)29-14-13-17-3-9-20(10-4-17)30-23(31)12-11-21(25(30)28)24(32)18-5-7-19(27)8-6-18/h3-12,16,22,29H,13-15,28H2,1-2H3,(H,33,34)/t22-/m0/s1. The maximum Gasteiger partial charge on any atom is 0.320 e. The second-order valence-corrected chi connectivity index (χ2v) is 8.97. The van der Waals surface area contributed by atoms with Gasteiger partial charge in [0.1, 0.15) is 11.9 Å². The third-order valence-electron chi connectivity index (χ3n) is 5.49. The molecule has 1 heterocycles. The lowest BCUT2D eigenvalue weighted by molar-refractivity contribution is -0.139. The molecule has 0 aliphatic heterocycles. The molecule has 7 nitrogen and oxygen atoms in total. The molecule has 8 heteroatoms. The van der Waals surface area contributed by atoms with Crippen molar-refractivity contribution in [3.05, 3.63) is 92.7 Å². The highest BCUT2D eigenvalue weighted by atomic mass is 35.5. The van der Waals surface area contributed by atoms with E-state index in [0.29, 0.717) is 35.7 Å². The monoisotopic (exact) mass is 481 g/mol. The Bertz CT molecular complexity index is 1220. The first-order valence-corrected chi connectivity index (χ1v) is 11.4. The number of nitrogen functional groups attached to an aromatic ring is 1. The number of rotatable bonds is 10. The number of hydrogen-bond donors (Lipinski definition) is 3. The van der Waals surface area contributed by atoms with E-state index in [1.54, 1.807) is 36.4 Å². The molecule has 0 aliphatic carbocycles. The summed E-state index contributed by atoms with van der Waals surface area (Å²) in [6.07, 6.45) is 1.18. The number of carbonyl (C=O) groups excluding carboxylic acids is 1. The normalized spacial score (nSPS) is 12.0. The molecule has 34 heavy (non-hydrogen) atoms. The van der Waals surface area contributed by atoms with E-state index in [2.05, 4.69) is 5.32 Å². The average molecular weight is 482 g/mol. The molecule has 0 aliphatic rings. The fourth-order valence-electron chi connectivity index (χ4n) is 3.71. The topological polar surface area (TPSA) is 114 Å². The van der Waals surface area contributed by atoms with Crippen molar-refractivity contribution in [1.82, 2.24) is 9.88 Å². The Kier molecular flexibility index (Phi) is 8.26. The van der Waals surface area contributed by atoms with Crippen LogP contribution in [0.5, 0.6) is 0 Å². The number of carboxylic acids is 1. The number of aliphatic carboxylic acids is 1. The Morgan fingerprint density at radius 3 is 2.26 bits per heavy atom. The number of carboxylic acid groups (broad SMARTS) is 1. The minimum Gasteiger partial charge on any atom is -0.480 e. The van der Waals surface area contributed by atoms with Crippen LogP contribution in [0.1, 0.15) is 41.8 Å². The van der Waals surface area contributed by atoms with Crippen LogP contribution >= 0.6 is 11.6 Å². The summed E-state index contributed by atoms with van der Waals surface area (Å²) in [6.45, 7) is 4.49. The fraction of sp³-hybridized carbons (Fsp3) is 0.269. The summed E-state index contributed by atoms with van der Waals surface area (Å²) in [7, 11) is 0. The van der Waals surface area contributed by atoms with E-state index in [1.165, 1.54) is 16.7 Å². The van der Waals surface area contributed by atoms with Crippen molar-refractivity contribution in [2.24, 2.45) is 5.92 Å². The third-order valence-corrected chi connectivity index (χ3v) is 5.74. The van der Waals surface area contributed by atoms with E-state index in [0.717, 1.165) is 5.56 Å². The largest absolute Gasteiger partial charge is 0.480 e. The molecule has 1 atom stereocenters. The summed E-state index contributed by atoms with van der Waals surface area (Å²) in [6, 6.07) is 15.9. The highest BCUT2D eigenvalue weighted by Gasteiger charge is 2.18. The quantitative estimate of drug-likeness (QED) is 0.378. The van der Waals surface area contributed by atoms with Crippen molar-refractivity contribution in [3.63, 3.8) is 0 Å². The van der Waals surface area contributed by atoms with Crippen molar-refractivity contribution in [3.8, 4) is 5.69 Å². The summed E-state index contributed by atoms with van der Waals surface area (Å²) in [5, 5.41) is 12.9. The fourth-order valence-corrected chi connectivity index (χ4v) is 3.84. The lowest BCUT2D eigenvalue weighted by Crippen LogP contribution is -2.38. The predicted molar refractivity (Wildman–Crippen MR) is 134 cm³/mol. The number of aromatic nitrogens is 1. The zero-order valence-electron chi connectivity index (χ0n) is 19.1. The van der Waals surface area contributed by atoms with Gasteiger partial charge in [-0.25, -0.2) is 0 Å². The highest BCUT2D eigenvalue weighted by Crippen LogP contribution is 2.20. The Balaban J connectivity index is 1.77. The van der Waals surface area contributed by atoms with Gasteiger partial charge in [-0.2, -0.15) is 0 Å². The maximum absolute atomic E-state index is 12.9. The van der Waals surface area contributed by atoms with Gasteiger partial charge in [-0.15, -0.1) is 0 Å². The molecule has 0 spiro atoms. The zero-order valence-corrected chi connectivity index (χ0v) is 19.9. The number of carbonyl (C=O) groups is 2. The number of anilines is 1. The molecule has 1 aromatic heterocycles. The van der Waals surface area contributed by atoms with Crippen LogP contribution in [0.25, 0.3) is 5.69 Å². The van der Waals surface area contributed by atoms with Gasteiger partial charge in [-0.1, -0.05) is 37.6 Å². The second-order valence-electron chi connectivity index (χ2n) is 8.53. The van der Waals surface area contributed by atoms with E-state index in [1.807, 2.05) is 26.0 Å². The Morgan fingerprint density at radius 2 is 1.68 bits per heavy atom. The zero-order chi connectivity index (χ0) is 24.8. The van der Waals surface area contributed by atoms with Gasteiger partial charge >= 0.3 is 5.97 Å². The van der Waals surface area contributed by atoms with Gasteiger partial charge in [0.25, 0.3) is 5.56 Å². The van der Waals surface area contributed by atoms with Crippen LogP contribution < -0.4 is 16.6 Å². The number of nitrogens with zero attached hydrogens (tertiary/aromatic N) is 1.